The van der Waals surface area contributed by atoms with E-state index in [0.717, 1.165) is 38.9 Å². The molecule has 0 aromatic heterocycles. The molecular formula is C23H35FO2. The predicted molar refractivity (Wildman–Crippen MR) is 104 cm³/mol. The summed E-state index contributed by atoms with van der Waals surface area (Å²) in [6, 6.07) is 6.99. The van der Waals surface area contributed by atoms with E-state index in [0.29, 0.717) is 11.8 Å². The molecule has 0 amide bonds. The molecule has 0 unspecified atom stereocenters. The quantitative estimate of drug-likeness (QED) is 0.485. The van der Waals surface area contributed by atoms with Crippen molar-refractivity contribution in [3.8, 4) is 0 Å². The highest BCUT2D eigenvalue weighted by Gasteiger charge is 2.41. The normalized spacial score (nSPS) is 29.2. The number of benzene rings is 1. The van der Waals surface area contributed by atoms with Crippen molar-refractivity contribution in [2.24, 2.45) is 5.92 Å². The van der Waals surface area contributed by atoms with Gasteiger partial charge in [-0.3, -0.25) is 0 Å². The van der Waals surface area contributed by atoms with Crippen LogP contribution in [0.4, 0.5) is 4.39 Å². The zero-order valence-corrected chi connectivity index (χ0v) is 16.4. The number of rotatable bonds is 8. The lowest BCUT2D eigenvalue weighted by atomic mass is 9.80. The number of hydrogen-bond donors (Lipinski definition) is 0. The molecule has 1 aliphatic carbocycles. The third-order valence-electron chi connectivity index (χ3n) is 6.22. The Hall–Kier alpha value is -0.930. The van der Waals surface area contributed by atoms with Crippen LogP contribution in [0.15, 0.2) is 24.3 Å². The summed E-state index contributed by atoms with van der Waals surface area (Å²) in [6.07, 6.45) is 13.4. The molecule has 1 aromatic rings. The standard InChI is InChI=1S/C23H35FO2/c1-2-3-4-5-6-7-8-19-17-25-23(26-18-19)15-13-21(14-16-23)20-9-11-22(24)12-10-20/h9-12,19,21H,2-8,13-18H2,1H3. The van der Waals surface area contributed by atoms with Gasteiger partial charge >= 0.3 is 0 Å². The average Bonchev–Trinajstić information content (AvgIpc) is 2.68. The van der Waals surface area contributed by atoms with E-state index in [4.69, 9.17) is 9.47 Å². The van der Waals surface area contributed by atoms with Crippen molar-refractivity contribution in [2.45, 2.75) is 89.3 Å². The van der Waals surface area contributed by atoms with Gasteiger partial charge < -0.3 is 9.47 Å². The molecule has 0 radical (unpaired) electrons. The van der Waals surface area contributed by atoms with E-state index in [2.05, 4.69) is 6.92 Å². The van der Waals surface area contributed by atoms with Crippen LogP contribution in [0.5, 0.6) is 0 Å². The summed E-state index contributed by atoms with van der Waals surface area (Å²) >= 11 is 0. The fraction of sp³-hybridized carbons (Fsp3) is 0.739. The largest absolute Gasteiger partial charge is 0.350 e. The highest BCUT2D eigenvalue weighted by molar-refractivity contribution is 5.21. The monoisotopic (exact) mass is 362 g/mol. The van der Waals surface area contributed by atoms with Gasteiger partial charge in [0.25, 0.3) is 0 Å². The molecule has 0 atom stereocenters. The number of unbranched alkanes of at least 4 members (excludes halogenated alkanes) is 5. The zero-order valence-electron chi connectivity index (χ0n) is 16.4. The molecule has 1 heterocycles. The van der Waals surface area contributed by atoms with E-state index in [9.17, 15) is 4.39 Å². The van der Waals surface area contributed by atoms with Crippen molar-refractivity contribution in [2.75, 3.05) is 13.2 Å². The second-order valence-corrected chi connectivity index (χ2v) is 8.28. The molecule has 3 rings (SSSR count). The van der Waals surface area contributed by atoms with Gasteiger partial charge in [0, 0.05) is 18.8 Å². The second-order valence-electron chi connectivity index (χ2n) is 8.28. The van der Waals surface area contributed by atoms with Gasteiger partial charge in [-0.2, -0.15) is 0 Å². The first-order valence-electron chi connectivity index (χ1n) is 10.7. The summed E-state index contributed by atoms with van der Waals surface area (Å²) in [7, 11) is 0. The minimum Gasteiger partial charge on any atom is -0.350 e. The third kappa shape index (κ3) is 5.53. The molecular weight excluding hydrogens is 327 g/mol. The summed E-state index contributed by atoms with van der Waals surface area (Å²) < 4.78 is 25.6. The van der Waals surface area contributed by atoms with Crippen LogP contribution in [0.2, 0.25) is 0 Å². The minimum atomic E-state index is -0.339. The maximum absolute atomic E-state index is 13.1. The van der Waals surface area contributed by atoms with Crippen molar-refractivity contribution in [1.82, 2.24) is 0 Å². The van der Waals surface area contributed by atoms with Gasteiger partial charge in [0.2, 0.25) is 0 Å². The first kappa shape index (κ1) is 19.8. The van der Waals surface area contributed by atoms with Gasteiger partial charge in [-0.05, 0) is 42.9 Å². The van der Waals surface area contributed by atoms with E-state index in [-0.39, 0.29) is 11.6 Å². The first-order chi connectivity index (χ1) is 12.7. The number of hydrogen-bond acceptors (Lipinski definition) is 2. The molecule has 2 nitrogen and oxygen atoms in total. The van der Waals surface area contributed by atoms with E-state index in [1.54, 1.807) is 12.1 Å². The smallest absolute Gasteiger partial charge is 0.168 e. The molecule has 1 saturated heterocycles. The SMILES string of the molecule is CCCCCCCCC1COC2(CCC(c3ccc(F)cc3)CC2)OC1. The van der Waals surface area contributed by atoms with E-state index >= 15 is 0 Å². The van der Waals surface area contributed by atoms with Crippen molar-refractivity contribution in [3.05, 3.63) is 35.6 Å². The molecule has 0 bridgehead atoms. The van der Waals surface area contributed by atoms with Crippen LogP contribution in [0.3, 0.4) is 0 Å². The maximum atomic E-state index is 13.1. The lowest BCUT2D eigenvalue weighted by Crippen LogP contribution is -2.46. The van der Waals surface area contributed by atoms with Crippen LogP contribution >= 0.6 is 0 Å². The van der Waals surface area contributed by atoms with Crippen LogP contribution in [0.25, 0.3) is 0 Å². The Morgan fingerprint density at radius 1 is 0.923 bits per heavy atom. The highest BCUT2D eigenvalue weighted by Crippen LogP contribution is 2.42. The Bertz CT molecular complexity index is 510. The lowest BCUT2D eigenvalue weighted by Gasteiger charge is -2.44. The van der Waals surface area contributed by atoms with Crippen molar-refractivity contribution >= 4 is 0 Å². The zero-order chi connectivity index (χ0) is 18.2. The van der Waals surface area contributed by atoms with Gasteiger partial charge in [-0.1, -0.05) is 57.6 Å². The molecule has 0 N–H and O–H groups in total. The molecule has 2 fully saturated rings. The Morgan fingerprint density at radius 2 is 1.54 bits per heavy atom. The van der Waals surface area contributed by atoms with E-state index in [1.165, 1.54) is 50.5 Å². The van der Waals surface area contributed by atoms with Crippen LogP contribution < -0.4 is 0 Å². The van der Waals surface area contributed by atoms with Crippen molar-refractivity contribution in [3.63, 3.8) is 0 Å². The highest BCUT2D eigenvalue weighted by atomic mass is 19.1. The van der Waals surface area contributed by atoms with E-state index < -0.39 is 0 Å². The Labute approximate surface area is 158 Å². The van der Waals surface area contributed by atoms with Gasteiger partial charge in [0.05, 0.1) is 13.2 Å². The Balaban J connectivity index is 1.35. The van der Waals surface area contributed by atoms with Crippen LogP contribution in [-0.2, 0) is 9.47 Å². The topological polar surface area (TPSA) is 18.5 Å². The average molecular weight is 363 g/mol. The summed E-state index contributed by atoms with van der Waals surface area (Å²) in [6.45, 7) is 3.98. The predicted octanol–water partition coefficient (Wildman–Crippen LogP) is 6.59. The van der Waals surface area contributed by atoms with Crippen LogP contribution in [0, 0.1) is 11.7 Å². The summed E-state index contributed by atoms with van der Waals surface area (Å²) in [5, 5.41) is 0. The van der Waals surface area contributed by atoms with Crippen molar-refractivity contribution in [1.29, 1.82) is 0 Å². The molecule has 1 aromatic carbocycles. The van der Waals surface area contributed by atoms with Gasteiger partial charge in [-0.15, -0.1) is 0 Å². The molecule has 3 heteroatoms. The summed E-state index contributed by atoms with van der Waals surface area (Å²) in [4.78, 5) is 0. The maximum Gasteiger partial charge on any atom is 0.168 e. The van der Waals surface area contributed by atoms with Gasteiger partial charge in [0.15, 0.2) is 5.79 Å². The molecule has 1 aliphatic heterocycles. The van der Waals surface area contributed by atoms with Crippen molar-refractivity contribution < 1.29 is 13.9 Å². The third-order valence-corrected chi connectivity index (χ3v) is 6.22. The second kappa shape index (κ2) is 9.85. The van der Waals surface area contributed by atoms with Crippen LogP contribution in [0.1, 0.15) is 89.0 Å². The van der Waals surface area contributed by atoms with E-state index in [1.807, 2.05) is 12.1 Å². The van der Waals surface area contributed by atoms with Gasteiger partial charge in [-0.25, -0.2) is 4.39 Å². The molecule has 1 saturated carbocycles. The van der Waals surface area contributed by atoms with Gasteiger partial charge in [0.1, 0.15) is 5.82 Å². The molecule has 1 spiro atoms. The number of ether oxygens (including phenoxy) is 2. The van der Waals surface area contributed by atoms with Crippen LogP contribution in [-0.4, -0.2) is 19.0 Å². The molecule has 26 heavy (non-hydrogen) atoms. The Kier molecular flexibility index (Phi) is 7.51. The number of halogens is 1. The fourth-order valence-corrected chi connectivity index (χ4v) is 4.42. The molecule has 146 valence electrons. The lowest BCUT2D eigenvalue weighted by molar-refractivity contribution is -0.296. The summed E-state index contributed by atoms with van der Waals surface area (Å²) in [5.74, 6) is 0.584. The Morgan fingerprint density at radius 3 is 2.19 bits per heavy atom. The minimum absolute atomic E-state index is 0.156. The summed E-state index contributed by atoms with van der Waals surface area (Å²) in [5.41, 5.74) is 1.25. The fourth-order valence-electron chi connectivity index (χ4n) is 4.42. The molecule has 2 aliphatic rings. The first-order valence-corrected chi connectivity index (χ1v) is 10.7.